The van der Waals surface area contributed by atoms with Crippen LogP contribution in [0.2, 0.25) is 0 Å². The van der Waals surface area contributed by atoms with Gasteiger partial charge in [-0.25, -0.2) is 4.57 Å². The lowest BCUT2D eigenvalue weighted by molar-refractivity contribution is -0.161. The molecule has 0 aromatic rings. The lowest BCUT2D eigenvalue weighted by Gasteiger charge is -2.18. The van der Waals surface area contributed by atoms with Crippen LogP contribution in [0.1, 0.15) is 123 Å². The van der Waals surface area contributed by atoms with Crippen molar-refractivity contribution in [1.29, 1.82) is 0 Å². The molecule has 0 saturated carbocycles. The predicted octanol–water partition coefficient (Wildman–Crippen LogP) is 9.00. The Kier molecular flexibility index (Phi) is 28.2. The van der Waals surface area contributed by atoms with Gasteiger partial charge in [-0.15, -0.1) is 0 Å². The van der Waals surface area contributed by atoms with E-state index in [1.165, 1.54) is 25.7 Å². The quantitative estimate of drug-likeness (QED) is 0.0383. The molecule has 246 valence electrons. The molecule has 0 aliphatic carbocycles. The number of allylic oxidation sites excluding steroid dienone is 10. The zero-order chi connectivity index (χ0) is 31.9. The molecule has 0 heterocycles. The number of ether oxygens (including phenoxy) is 2. The zero-order valence-electron chi connectivity index (χ0n) is 26.6. The smallest absolute Gasteiger partial charge is 0.462 e. The molecular formula is C34H57O8P. The Balaban J connectivity index is 4.16. The Bertz CT molecular complexity index is 885. The van der Waals surface area contributed by atoms with E-state index in [9.17, 15) is 14.2 Å². The molecule has 0 fully saturated rings. The summed E-state index contributed by atoms with van der Waals surface area (Å²) < 4.78 is 26.1. The third-order valence-electron chi connectivity index (χ3n) is 6.30. The van der Waals surface area contributed by atoms with Crippen molar-refractivity contribution in [3.63, 3.8) is 0 Å². The Morgan fingerprint density at radius 3 is 1.65 bits per heavy atom. The molecule has 1 unspecified atom stereocenters. The van der Waals surface area contributed by atoms with Crippen LogP contribution in [0.15, 0.2) is 60.8 Å². The average molecular weight is 625 g/mol. The van der Waals surface area contributed by atoms with Gasteiger partial charge in [0.25, 0.3) is 0 Å². The first-order chi connectivity index (χ1) is 20.8. The highest BCUT2D eigenvalue weighted by Gasteiger charge is 2.22. The number of carbonyl (C=O) groups is 2. The van der Waals surface area contributed by atoms with Crippen LogP contribution >= 0.6 is 7.82 Å². The van der Waals surface area contributed by atoms with Gasteiger partial charge in [0.15, 0.2) is 6.10 Å². The maximum atomic E-state index is 12.3. The highest BCUT2D eigenvalue weighted by molar-refractivity contribution is 7.46. The van der Waals surface area contributed by atoms with Gasteiger partial charge in [-0.05, 0) is 51.4 Å². The number of phosphoric acid groups is 1. The molecule has 0 aliphatic heterocycles. The number of rotatable bonds is 28. The number of unbranched alkanes of at least 4 members (excludes halogenated alkanes) is 8. The van der Waals surface area contributed by atoms with Gasteiger partial charge in [0, 0.05) is 12.8 Å². The van der Waals surface area contributed by atoms with Crippen LogP contribution in [-0.2, 0) is 28.2 Å². The van der Waals surface area contributed by atoms with E-state index in [1.807, 2.05) is 12.2 Å². The van der Waals surface area contributed by atoms with E-state index in [2.05, 4.69) is 67.0 Å². The second-order valence-electron chi connectivity index (χ2n) is 10.4. The minimum Gasteiger partial charge on any atom is -0.462 e. The number of hydrogen-bond acceptors (Lipinski definition) is 6. The number of esters is 2. The van der Waals surface area contributed by atoms with Crippen molar-refractivity contribution in [3.8, 4) is 0 Å². The van der Waals surface area contributed by atoms with E-state index in [0.717, 1.165) is 51.4 Å². The minimum absolute atomic E-state index is 0.132. The monoisotopic (exact) mass is 624 g/mol. The third kappa shape index (κ3) is 32.5. The van der Waals surface area contributed by atoms with Gasteiger partial charge in [-0.1, -0.05) is 120 Å². The molecule has 43 heavy (non-hydrogen) atoms. The fourth-order valence-electron chi connectivity index (χ4n) is 3.94. The fraction of sp³-hybridized carbons (Fsp3) is 0.647. The molecule has 0 saturated heterocycles. The van der Waals surface area contributed by atoms with Gasteiger partial charge in [0.05, 0.1) is 6.61 Å². The van der Waals surface area contributed by atoms with E-state index >= 15 is 0 Å². The summed E-state index contributed by atoms with van der Waals surface area (Å²) in [6.45, 7) is 3.45. The van der Waals surface area contributed by atoms with Crippen LogP contribution in [-0.4, -0.2) is 41.0 Å². The Morgan fingerprint density at radius 1 is 0.628 bits per heavy atom. The van der Waals surface area contributed by atoms with E-state index < -0.39 is 32.5 Å². The van der Waals surface area contributed by atoms with Crippen molar-refractivity contribution in [1.82, 2.24) is 0 Å². The van der Waals surface area contributed by atoms with Crippen molar-refractivity contribution >= 4 is 19.8 Å². The summed E-state index contributed by atoms with van der Waals surface area (Å²) in [5.74, 6) is -0.965. The fourth-order valence-corrected chi connectivity index (χ4v) is 4.30. The molecule has 8 nitrogen and oxygen atoms in total. The van der Waals surface area contributed by atoms with Gasteiger partial charge in [0.2, 0.25) is 0 Å². The molecule has 9 heteroatoms. The van der Waals surface area contributed by atoms with Crippen molar-refractivity contribution in [2.75, 3.05) is 13.2 Å². The third-order valence-corrected chi connectivity index (χ3v) is 6.79. The van der Waals surface area contributed by atoms with Crippen molar-refractivity contribution in [3.05, 3.63) is 60.8 Å². The first kappa shape index (κ1) is 40.8. The molecule has 2 N–H and O–H groups in total. The number of phosphoric ester groups is 1. The highest BCUT2D eigenvalue weighted by Crippen LogP contribution is 2.35. The van der Waals surface area contributed by atoms with Gasteiger partial charge in [-0.2, -0.15) is 0 Å². The first-order valence-corrected chi connectivity index (χ1v) is 17.6. The largest absolute Gasteiger partial charge is 0.469 e. The number of hydrogen-bond donors (Lipinski definition) is 2. The van der Waals surface area contributed by atoms with Crippen LogP contribution in [0.5, 0.6) is 0 Å². The van der Waals surface area contributed by atoms with E-state index in [1.54, 1.807) is 0 Å². The summed E-state index contributed by atoms with van der Waals surface area (Å²) in [4.78, 5) is 42.3. The van der Waals surface area contributed by atoms with E-state index in [-0.39, 0.29) is 19.4 Å². The number of carbonyl (C=O) groups excluding carboxylic acids is 2. The molecule has 0 aromatic carbocycles. The Hall–Kier alpha value is -2.25. The summed E-state index contributed by atoms with van der Waals surface area (Å²) in [5.41, 5.74) is 0. The van der Waals surface area contributed by atoms with Crippen molar-refractivity contribution in [2.45, 2.75) is 129 Å². The molecule has 0 rings (SSSR count). The Labute approximate surface area is 260 Å². The zero-order valence-corrected chi connectivity index (χ0v) is 27.5. The minimum atomic E-state index is -4.76. The predicted molar refractivity (Wildman–Crippen MR) is 174 cm³/mol. The second-order valence-corrected chi connectivity index (χ2v) is 11.6. The first-order valence-electron chi connectivity index (χ1n) is 16.1. The summed E-state index contributed by atoms with van der Waals surface area (Å²) in [6.07, 6.45) is 35.4. The maximum absolute atomic E-state index is 12.3. The molecule has 0 radical (unpaired) electrons. The second kappa shape index (κ2) is 29.8. The Morgan fingerprint density at radius 2 is 1.12 bits per heavy atom. The topological polar surface area (TPSA) is 119 Å². The molecular weight excluding hydrogens is 567 g/mol. The van der Waals surface area contributed by atoms with Gasteiger partial charge >= 0.3 is 19.8 Å². The van der Waals surface area contributed by atoms with Gasteiger partial charge < -0.3 is 19.3 Å². The van der Waals surface area contributed by atoms with Crippen molar-refractivity contribution in [2.24, 2.45) is 0 Å². The molecule has 0 spiro atoms. The molecule has 1 atom stereocenters. The van der Waals surface area contributed by atoms with Crippen LogP contribution in [0.3, 0.4) is 0 Å². The standard InChI is InChI=1S/C34H57O8P/c1-3-5-7-9-11-13-14-15-16-17-18-19-20-21-23-25-27-29-34(36)42-32(31-41-43(37,38)39)30-40-33(35)28-26-24-22-12-10-8-6-4-2/h5,7,11,13,15-16,18-19,21,23,32H,3-4,6,8-10,12,14,17,20,22,24-31H2,1-2H3,(H2,37,38,39)/b7-5-,13-11-,16-15-,19-18-,23-21-. The lowest BCUT2D eigenvalue weighted by atomic mass is 10.1. The van der Waals surface area contributed by atoms with Crippen LogP contribution in [0.4, 0.5) is 0 Å². The maximum Gasteiger partial charge on any atom is 0.469 e. The molecule has 0 aliphatic rings. The van der Waals surface area contributed by atoms with Crippen LogP contribution < -0.4 is 0 Å². The highest BCUT2D eigenvalue weighted by atomic mass is 31.2. The lowest BCUT2D eigenvalue weighted by Crippen LogP contribution is -2.29. The van der Waals surface area contributed by atoms with E-state index in [0.29, 0.717) is 19.3 Å². The summed E-state index contributed by atoms with van der Waals surface area (Å²) >= 11 is 0. The summed E-state index contributed by atoms with van der Waals surface area (Å²) in [6, 6.07) is 0. The van der Waals surface area contributed by atoms with Crippen LogP contribution in [0, 0.1) is 0 Å². The van der Waals surface area contributed by atoms with E-state index in [4.69, 9.17) is 19.3 Å². The normalized spacial score (nSPS) is 13.3. The molecule has 0 bridgehead atoms. The summed E-state index contributed by atoms with van der Waals surface area (Å²) in [7, 11) is -4.76. The van der Waals surface area contributed by atoms with Gasteiger partial charge in [-0.3, -0.25) is 14.1 Å². The van der Waals surface area contributed by atoms with Gasteiger partial charge in [0.1, 0.15) is 6.61 Å². The SMILES string of the molecule is CC/C=C\C/C=C\C/C=C\C/C=C\C/C=C\CCCC(=O)OC(COC(=O)CCCCCCCCCC)COP(=O)(O)O. The van der Waals surface area contributed by atoms with Crippen LogP contribution in [0.25, 0.3) is 0 Å². The molecule has 0 amide bonds. The average Bonchev–Trinajstić information content (AvgIpc) is 2.97. The van der Waals surface area contributed by atoms with Crippen molar-refractivity contribution < 1.29 is 37.9 Å². The molecule has 0 aromatic heterocycles. The summed E-state index contributed by atoms with van der Waals surface area (Å²) in [5, 5.41) is 0.